The Morgan fingerprint density at radius 2 is 1.88 bits per heavy atom. The van der Waals surface area contributed by atoms with Crippen LogP contribution >= 0.6 is 11.6 Å². The number of halogens is 4. The van der Waals surface area contributed by atoms with Gasteiger partial charge in [0.05, 0.1) is 29.7 Å². The molecule has 176 valence electrons. The summed E-state index contributed by atoms with van der Waals surface area (Å²) in [6, 6.07) is 8.53. The van der Waals surface area contributed by atoms with Crippen LogP contribution in [0.3, 0.4) is 0 Å². The maximum atomic E-state index is 12.7. The lowest BCUT2D eigenvalue weighted by molar-refractivity contribution is -0.138. The van der Waals surface area contributed by atoms with Gasteiger partial charge in [0.15, 0.2) is 5.82 Å². The Kier molecular flexibility index (Phi) is 6.59. The lowest BCUT2D eigenvalue weighted by Crippen LogP contribution is -2.35. The lowest BCUT2D eigenvalue weighted by Gasteiger charge is -2.22. The van der Waals surface area contributed by atoms with Gasteiger partial charge >= 0.3 is 12.1 Å². The number of aromatic nitrogens is 4. The quantitative estimate of drug-likeness (QED) is 0.487. The van der Waals surface area contributed by atoms with Gasteiger partial charge in [-0.3, -0.25) is 4.79 Å². The Morgan fingerprint density at radius 1 is 1.12 bits per heavy atom. The summed E-state index contributed by atoms with van der Waals surface area (Å²) in [5.74, 6) is -0.761. The summed E-state index contributed by atoms with van der Waals surface area (Å²) in [6.45, 7) is -0.0358. The van der Waals surface area contributed by atoms with Crippen LogP contribution in [0, 0.1) is 0 Å². The lowest BCUT2D eigenvalue weighted by atomic mass is 10.1. The number of hydrogen-bond donors (Lipinski definition) is 0. The molecule has 0 fully saturated rings. The van der Waals surface area contributed by atoms with E-state index >= 15 is 0 Å². The highest BCUT2D eigenvalue weighted by molar-refractivity contribution is 6.38. The molecule has 3 aromatic rings. The van der Waals surface area contributed by atoms with Crippen LogP contribution in [0.1, 0.15) is 24.1 Å². The molecule has 1 aliphatic rings. The van der Waals surface area contributed by atoms with Gasteiger partial charge in [-0.25, -0.2) is 19.5 Å². The molecule has 0 bridgehead atoms. The van der Waals surface area contributed by atoms with E-state index in [1.807, 2.05) is 0 Å². The molecule has 2 aromatic heterocycles. The molecule has 13 heteroatoms. The summed E-state index contributed by atoms with van der Waals surface area (Å²) >= 11 is 5.86. The van der Waals surface area contributed by atoms with Crippen molar-refractivity contribution in [3.05, 3.63) is 65.1 Å². The van der Waals surface area contributed by atoms with Crippen molar-refractivity contribution < 1.29 is 27.5 Å². The van der Waals surface area contributed by atoms with E-state index in [4.69, 9.17) is 16.3 Å². The second-order valence-corrected chi connectivity index (χ2v) is 7.61. The normalized spacial score (nSPS) is 14.2. The first kappa shape index (κ1) is 23.4. The summed E-state index contributed by atoms with van der Waals surface area (Å²) in [5, 5.41) is 13.5. The number of alkyl halides is 3. The largest absolute Gasteiger partial charge is 0.461 e. The Balaban J connectivity index is 1.34. The second kappa shape index (κ2) is 9.59. The van der Waals surface area contributed by atoms with E-state index in [2.05, 4.69) is 20.4 Å². The van der Waals surface area contributed by atoms with Crippen LogP contribution in [0.5, 0.6) is 0 Å². The van der Waals surface area contributed by atoms with Gasteiger partial charge in [-0.1, -0.05) is 16.8 Å². The fourth-order valence-corrected chi connectivity index (χ4v) is 3.16. The molecule has 0 unspecified atom stereocenters. The monoisotopic (exact) mass is 492 g/mol. The fourth-order valence-electron chi connectivity index (χ4n) is 3.03. The van der Waals surface area contributed by atoms with Gasteiger partial charge in [-0.05, 0) is 36.4 Å². The molecule has 0 atom stereocenters. The molecule has 4 rings (SSSR count). The molecule has 0 saturated carbocycles. The van der Waals surface area contributed by atoms with E-state index in [1.165, 1.54) is 16.9 Å². The number of ether oxygens (including phenoxy) is 1. The molecule has 1 aromatic carbocycles. The van der Waals surface area contributed by atoms with Crippen LogP contribution in [0.15, 0.2) is 53.9 Å². The van der Waals surface area contributed by atoms with E-state index in [0.717, 1.165) is 11.1 Å². The van der Waals surface area contributed by atoms with Crippen LogP contribution in [-0.4, -0.2) is 44.2 Å². The first-order chi connectivity index (χ1) is 16.2. The zero-order valence-electron chi connectivity index (χ0n) is 17.4. The van der Waals surface area contributed by atoms with Gasteiger partial charge in [0.25, 0.3) is 0 Å². The SMILES string of the molecule is O=C(OCCc1cn(-c2ccc(C(F)(F)F)cn2)nn1)C1=NN(c2ccc(Cl)cc2)C(=O)CC1. The van der Waals surface area contributed by atoms with Crippen LogP contribution in [0.2, 0.25) is 5.02 Å². The molecule has 9 nitrogen and oxygen atoms in total. The third-order valence-electron chi connectivity index (χ3n) is 4.78. The first-order valence-electron chi connectivity index (χ1n) is 9.99. The van der Waals surface area contributed by atoms with Crippen molar-refractivity contribution in [3.63, 3.8) is 0 Å². The number of nitrogens with zero attached hydrogens (tertiary/aromatic N) is 6. The van der Waals surface area contributed by atoms with Crippen molar-refractivity contribution in [2.75, 3.05) is 11.6 Å². The first-order valence-corrected chi connectivity index (χ1v) is 10.4. The van der Waals surface area contributed by atoms with Crippen molar-refractivity contribution >= 4 is 34.9 Å². The number of amides is 1. The van der Waals surface area contributed by atoms with Crippen LogP contribution in [0.25, 0.3) is 5.82 Å². The molecule has 0 N–H and O–H groups in total. The average Bonchev–Trinajstić information content (AvgIpc) is 3.28. The van der Waals surface area contributed by atoms with Crippen molar-refractivity contribution in [2.45, 2.75) is 25.4 Å². The second-order valence-electron chi connectivity index (χ2n) is 7.17. The van der Waals surface area contributed by atoms with Crippen LogP contribution in [-0.2, 0) is 26.9 Å². The minimum absolute atomic E-state index is 0.0358. The zero-order valence-corrected chi connectivity index (χ0v) is 18.1. The Labute approximate surface area is 195 Å². The van der Waals surface area contributed by atoms with Crippen LogP contribution in [0.4, 0.5) is 18.9 Å². The highest BCUT2D eigenvalue weighted by atomic mass is 35.5. The van der Waals surface area contributed by atoms with Gasteiger partial charge in [-0.2, -0.15) is 18.3 Å². The molecular formula is C21H16ClF3N6O3. The van der Waals surface area contributed by atoms with E-state index in [0.29, 0.717) is 22.6 Å². The fraction of sp³-hybridized carbons (Fsp3) is 0.238. The van der Waals surface area contributed by atoms with Gasteiger partial charge in [0.1, 0.15) is 5.71 Å². The number of benzene rings is 1. The van der Waals surface area contributed by atoms with E-state index in [1.54, 1.807) is 24.3 Å². The van der Waals surface area contributed by atoms with Gasteiger partial charge in [-0.15, -0.1) is 5.10 Å². The summed E-state index contributed by atoms with van der Waals surface area (Å²) in [4.78, 5) is 28.3. The maximum absolute atomic E-state index is 12.7. The molecule has 34 heavy (non-hydrogen) atoms. The number of carbonyl (C=O) groups is 2. The van der Waals surface area contributed by atoms with Crippen molar-refractivity contribution in [1.82, 2.24) is 20.0 Å². The standard InChI is InChI=1S/C21H16ClF3N6O3/c22-14-2-4-16(5-3-14)31-19(32)8-6-17(28-31)20(33)34-10-9-15-12-30(29-27-15)18-7-1-13(11-26-18)21(23,24)25/h1-5,7,11-12H,6,8-10H2. The number of pyridine rings is 1. The van der Waals surface area contributed by atoms with E-state index < -0.39 is 17.7 Å². The molecule has 1 amide bonds. The Bertz CT molecular complexity index is 1230. The smallest absolute Gasteiger partial charge is 0.417 e. The van der Waals surface area contributed by atoms with Crippen LogP contribution < -0.4 is 5.01 Å². The highest BCUT2D eigenvalue weighted by Crippen LogP contribution is 2.28. The predicted molar refractivity (Wildman–Crippen MR) is 114 cm³/mol. The minimum atomic E-state index is -4.48. The van der Waals surface area contributed by atoms with Crippen molar-refractivity contribution in [2.24, 2.45) is 5.10 Å². The van der Waals surface area contributed by atoms with Crippen molar-refractivity contribution in [1.29, 1.82) is 0 Å². The van der Waals surface area contributed by atoms with Gasteiger partial charge < -0.3 is 4.74 Å². The molecule has 3 heterocycles. The molecule has 0 saturated heterocycles. The topological polar surface area (TPSA) is 103 Å². The number of hydrogen-bond acceptors (Lipinski definition) is 7. The average molecular weight is 493 g/mol. The summed E-state index contributed by atoms with van der Waals surface area (Å²) < 4.78 is 44.4. The molecule has 0 radical (unpaired) electrons. The Morgan fingerprint density at radius 3 is 2.56 bits per heavy atom. The number of carbonyl (C=O) groups excluding carboxylic acids is 2. The number of rotatable bonds is 6. The van der Waals surface area contributed by atoms with E-state index in [9.17, 15) is 22.8 Å². The number of anilines is 1. The number of hydrazone groups is 1. The summed E-state index contributed by atoms with van der Waals surface area (Å²) in [7, 11) is 0. The number of esters is 1. The third kappa shape index (κ3) is 5.39. The molecule has 0 spiro atoms. The molecular weight excluding hydrogens is 477 g/mol. The predicted octanol–water partition coefficient (Wildman–Crippen LogP) is 3.60. The molecule has 0 aliphatic carbocycles. The van der Waals surface area contributed by atoms with Crippen molar-refractivity contribution in [3.8, 4) is 5.82 Å². The van der Waals surface area contributed by atoms with E-state index in [-0.39, 0.29) is 43.3 Å². The van der Waals surface area contributed by atoms with Gasteiger partial charge in [0.2, 0.25) is 5.91 Å². The van der Waals surface area contributed by atoms with Gasteiger partial charge in [0, 0.05) is 30.5 Å². The highest BCUT2D eigenvalue weighted by Gasteiger charge is 2.31. The minimum Gasteiger partial charge on any atom is -0.461 e. The third-order valence-corrected chi connectivity index (χ3v) is 5.03. The molecule has 1 aliphatic heterocycles. The Hall–Kier alpha value is -3.80. The zero-order chi connectivity index (χ0) is 24.3. The summed E-state index contributed by atoms with van der Waals surface area (Å²) in [5.41, 5.74) is 0.156. The summed E-state index contributed by atoms with van der Waals surface area (Å²) in [6.07, 6.45) is -1.84. The maximum Gasteiger partial charge on any atom is 0.417 e.